The molecule has 0 radical (unpaired) electrons. The summed E-state index contributed by atoms with van der Waals surface area (Å²) < 4.78 is 0. The maximum Gasteiger partial charge on any atom is 0.303 e. The molecule has 0 aliphatic carbocycles. The Kier molecular flexibility index (Phi) is 9.73. The molecule has 156 valence electrons. The Labute approximate surface area is 172 Å². The SMILES string of the molecule is N#C/C(=C/NC1CCN(Cc2ccccc2)CC1)C(=O)NCCCCCC(=O)O. The lowest BCUT2D eigenvalue weighted by atomic mass is 10.0. The van der Waals surface area contributed by atoms with E-state index >= 15 is 0 Å². The van der Waals surface area contributed by atoms with Gasteiger partial charge < -0.3 is 15.7 Å². The Bertz CT molecular complexity index is 719. The molecule has 1 heterocycles. The maximum absolute atomic E-state index is 12.1. The van der Waals surface area contributed by atoms with E-state index in [9.17, 15) is 14.9 Å². The van der Waals surface area contributed by atoms with Gasteiger partial charge in [0, 0.05) is 44.8 Å². The van der Waals surface area contributed by atoms with Crippen LogP contribution in [0.2, 0.25) is 0 Å². The van der Waals surface area contributed by atoms with Gasteiger partial charge >= 0.3 is 5.97 Å². The first-order chi connectivity index (χ1) is 14.1. The van der Waals surface area contributed by atoms with Gasteiger partial charge in [0.05, 0.1) is 0 Å². The van der Waals surface area contributed by atoms with Crippen molar-refractivity contribution < 1.29 is 14.7 Å². The fraction of sp³-hybridized carbons (Fsp3) is 0.500. The summed E-state index contributed by atoms with van der Waals surface area (Å²) in [7, 11) is 0. The fourth-order valence-electron chi connectivity index (χ4n) is 3.32. The van der Waals surface area contributed by atoms with Crippen molar-refractivity contribution in [3.8, 4) is 6.07 Å². The van der Waals surface area contributed by atoms with Gasteiger partial charge in [-0.3, -0.25) is 14.5 Å². The summed E-state index contributed by atoms with van der Waals surface area (Å²) >= 11 is 0. The summed E-state index contributed by atoms with van der Waals surface area (Å²) in [4.78, 5) is 25.0. The molecule has 0 atom stereocenters. The molecule has 0 spiro atoms. The van der Waals surface area contributed by atoms with Crippen molar-refractivity contribution in [1.29, 1.82) is 5.26 Å². The van der Waals surface area contributed by atoms with E-state index in [1.54, 1.807) is 0 Å². The largest absolute Gasteiger partial charge is 0.481 e. The van der Waals surface area contributed by atoms with Crippen LogP contribution in [-0.4, -0.2) is 47.6 Å². The molecule has 1 aromatic rings. The molecule has 1 amide bonds. The number of amides is 1. The summed E-state index contributed by atoms with van der Waals surface area (Å²) in [5.41, 5.74) is 1.38. The van der Waals surface area contributed by atoms with Crippen LogP contribution in [0.4, 0.5) is 0 Å². The summed E-state index contributed by atoms with van der Waals surface area (Å²) in [6.07, 6.45) is 5.63. The number of carboxylic acids is 1. The third kappa shape index (κ3) is 8.79. The van der Waals surface area contributed by atoms with Crippen LogP contribution in [0, 0.1) is 11.3 Å². The van der Waals surface area contributed by atoms with Crippen molar-refractivity contribution in [2.24, 2.45) is 0 Å². The standard InChI is InChI=1S/C22H30N4O3/c23-15-19(22(29)24-12-6-2-5-9-21(27)28)16-25-20-10-13-26(14-11-20)17-18-7-3-1-4-8-18/h1,3-4,7-8,16,20,25H,2,5-6,9-14,17H2,(H,24,29)(H,27,28)/b19-16-. The number of unbranched alkanes of at least 4 members (excludes halogenated alkanes) is 2. The van der Waals surface area contributed by atoms with Crippen LogP contribution in [-0.2, 0) is 16.1 Å². The van der Waals surface area contributed by atoms with Gasteiger partial charge in [-0.1, -0.05) is 36.8 Å². The molecule has 1 aliphatic rings. The first-order valence-corrected chi connectivity index (χ1v) is 10.2. The zero-order valence-corrected chi connectivity index (χ0v) is 16.8. The highest BCUT2D eigenvalue weighted by molar-refractivity contribution is 5.97. The number of piperidine rings is 1. The lowest BCUT2D eigenvalue weighted by Crippen LogP contribution is -2.40. The van der Waals surface area contributed by atoms with E-state index in [1.165, 1.54) is 11.8 Å². The third-order valence-corrected chi connectivity index (χ3v) is 5.02. The van der Waals surface area contributed by atoms with E-state index < -0.39 is 5.97 Å². The third-order valence-electron chi connectivity index (χ3n) is 5.02. The lowest BCUT2D eigenvalue weighted by molar-refractivity contribution is -0.137. The molecule has 29 heavy (non-hydrogen) atoms. The van der Waals surface area contributed by atoms with Gasteiger partial charge in [-0.15, -0.1) is 0 Å². The van der Waals surface area contributed by atoms with Crippen LogP contribution >= 0.6 is 0 Å². The van der Waals surface area contributed by atoms with E-state index in [-0.39, 0.29) is 23.9 Å². The zero-order chi connectivity index (χ0) is 20.9. The Morgan fingerprint density at radius 3 is 2.55 bits per heavy atom. The number of benzene rings is 1. The van der Waals surface area contributed by atoms with Crippen molar-refractivity contribution in [2.45, 2.75) is 51.1 Å². The highest BCUT2D eigenvalue weighted by Gasteiger charge is 2.19. The Balaban J connectivity index is 1.66. The average molecular weight is 399 g/mol. The van der Waals surface area contributed by atoms with Crippen LogP contribution in [0.25, 0.3) is 0 Å². The second-order valence-electron chi connectivity index (χ2n) is 7.33. The monoisotopic (exact) mass is 398 g/mol. The normalized spacial score (nSPS) is 15.5. The van der Waals surface area contributed by atoms with Crippen molar-refractivity contribution in [3.05, 3.63) is 47.7 Å². The summed E-state index contributed by atoms with van der Waals surface area (Å²) in [6, 6.07) is 12.6. The lowest BCUT2D eigenvalue weighted by Gasteiger charge is -2.32. The van der Waals surface area contributed by atoms with Crippen molar-refractivity contribution >= 4 is 11.9 Å². The minimum absolute atomic E-state index is 0.0715. The number of likely N-dealkylation sites (tertiary alicyclic amines) is 1. The molecular formula is C22H30N4O3. The van der Waals surface area contributed by atoms with Crippen LogP contribution < -0.4 is 10.6 Å². The number of carboxylic acid groups (broad SMARTS) is 1. The number of hydrogen-bond donors (Lipinski definition) is 3. The number of nitriles is 1. The molecule has 1 aliphatic heterocycles. The minimum atomic E-state index is -0.805. The van der Waals surface area contributed by atoms with E-state index in [2.05, 4.69) is 39.8 Å². The van der Waals surface area contributed by atoms with Gasteiger partial charge in [-0.05, 0) is 31.2 Å². The Hall–Kier alpha value is -2.85. The number of carbonyl (C=O) groups excluding carboxylic acids is 1. The molecule has 1 aromatic carbocycles. The summed E-state index contributed by atoms with van der Waals surface area (Å²) in [5, 5.41) is 23.8. The zero-order valence-electron chi connectivity index (χ0n) is 16.8. The van der Waals surface area contributed by atoms with Crippen molar-refractivity contribution in [1.82, 2.24) is 15.5 Å². The quantitative estimate of drug-likeness (QED) is 0.300. The number of hydrogen-bond acceptors (Lipinski definition) is 5. The molecule has 0 saturated carbocycles. The second-order valence-corrected chi connectivity index (χ2v) is 7.33. The fourth-order valence-corrected chi connectivity index (χ4v) is 3.32. The predicted octanol–water partition coefficient (Wildman–Crippen LogP) is 2.41. The van der Waals surface area contributed by atoms with Gasteiger partial charge in [0.1, 0.15) is 11.6 Å². The van der Waals surface area contributed by atoms with Crippen molar-refractivity contribution in [3.63, 3.8) is 0 Å². The van der Waals surface area contributed by atoms with Crippen molar-refractivity contribution in [2.75, 3.05) is 19.6 Å². The summed E-state index contributed by atoms with van der Waals surface area (Å²) in [6.45, 7) is 3.34. The highest BCUT2D eigenvalue weighted by Crippen LogP contribution is 2.14. The van der Waals surface area contributed by atoms with E-state index in [4.69, 9.17) is 5.11 Å². The molecule has 0 aromatic heterocycles. The number of rotatable bonds is 11. The molecular weight excluding hydrogens is 368 g/mol. The van der Waals surface area contributed by atoms with E-state index in [0.29, 0.717) is 19.4 Å². The molecule has 7 nitrogen and oxygen atoms in total. The minimum Gasteiger partial charge on any atom is -0.481 e. The van der Waals surface area contributed by atoms with Gasteiger partial charge in [0.25, 0.3) is 5.91 Å². The van der Waals surface area contributed by atoms with Crippen LogP contribution in [0.3, 0.4) is 0 Å². The molecule has 7 heteroatoms. The predicted molar refractivity (Wildman–Crippen MR) is 111 cm³/mol. The summed E-state index contributed by atoms with van der Waals surface area (Å²) in [5.74, 6) is -1.19. The Morgan fingerprint density at radius 1 is 1.17 bits per heavy atom. The topological polar surface area (TPSA) is 105 Å². The van der Waals surface area contributed by atoms with E-state index in [1.807, 2.05) is 12.1 Å². The number of carbonyl (C=O) groups is 2. The molecule has 1 fully saturated rings. The first-order valence-electron chi connectivity index (χ1n) is 10.2. The smallest absolute Gasteiger partial charge is 0.303 e. The van der Waals surface area contributed by atoms with Crippen LogP contribution in [0.15, 0.2) is 42.1 Å². The average Bonchev–Trinajstić information content (AvgIpc) is 2.73. The Morgan fingerprint density at radius 2 is 1.90 bits per heavy atom. The first kappa shape index (κ1) is 22.4. The van der Waals surface area contributed by atoms with Gasteiger partial charge in [0.15, 0.2) is 0 Å². The van der Waals surface area contributed by atoms with Gasteiger partial charge in [0.2, 0.25) is 0 Å². The molecule has 0 bridgehead atoms. The van der Waals surface area contributed by atoms with Gasteiger partial charge in [-0.25, -0.2) is 0 Å². The second kappa shape index (κ2) is 12.6. The number of nitrogens with zero attached hydrogens (tertiary/aromatic N) is 2. The number of aliphatic carboxylic acids is 1. The molecule has 1 saturated heterocycles. The molecule has 0 unspecified atom stereocenters. The molecule has 2 rings (SSSR count). The molecule has 3 N–H and O–H groups in total. The highest BCUT2D eigenvalue weighted by atomic mass is 16.4. The maximum atomic E-state index is 12.1. The van der Waals surface area contributed by atoms with Gasteiger partial charge in [-0.2, -0.15) is 5.26 Å². The van der Waals surface area contributed by atoms with E-state index in [0.717, 1.165) is 38.9 Å². The van der Waals surface area contributed by atoms with Crippen LogP contribution in [0.1, 0.15) is 44.1 Å². The number of nitrogens with one attached hydrogen (secondary N) is 2. The van der Waals surface area contributed by atoms with Crippen LogP contribution in [0.5, 0.6) is 0 Å².